The molecule has 0 aromatic carbocycles. The molecule has 3 heterocycles. The number of aromatic amines is 1. The average molecular weight is 512 g/mol. The van der Waals surface area contributed by atoms with Crippen LogP contribution >= 0.6 is 23.5 Å². The van der Waals surface area contributed by atoms with E-state index >= 15 is 0 Å². The van der Waals surface area contributed by atoms with E-state index in [1.54, 1.807) is 0 Å². The summed E-state index contributed by atoms with van der Waals surface area (Å²) in [4.78, 5) is 57.5. The number of ether oxygens (including phenoxy) is 1. The lowest BCUT2D eigenvalue weighted by Crippen LogP contribution is -2.26. The second-order valence-electron chi connectivity index (χ2n) is 6.09. The first-order chi connectivity index (χ1) is 14.2. The SMILES string of the molecule is Nc1nc2c(ncn2[13C@H]2[13CH2][13C@H](O)[13C@@H]([13CH2]OP(=O)(O)OP(=O)(O)OP(=O)(O)O)O2)c(=O)[nH]1. The first-order valence-corrected chi connectivity index (χ1v) is 12.5. The Labute approximate surface area is 171 Å². The van der Waals surface area contributed by atoms with Gasteiger partial charge in [-0.3, -0.25) is 18.9 Å². The Hall–Kier alpha value is -1.52. The Balaban J connectivity index is 1.67. The smallest absolute Gasteiger partial charge is 0.390 e. The second kappa shape index (κ2) is 8.44. The molecule has 0 spiro atoms. The first kappa shape index (κ1) is 24.1. The summed E-state index contributed by atoms with van der Waals surface area (Å²) in [6.45, 7) is -0.843. The Morgan fingerprint density at radius 2 is 1.90 bits per heavy atom. The van der Waals surface area contributed by atoms with Gasteiger partial charge in [-0.2, -0.15) is 13.6 Å². The molecule has 5 atom stereocenters. The van der Waals surface area contributed by atoms with Crippen molar-refractivity contribution in [3.63, 3.8) is 0 Å². The topological polar surface area (TPSA) is 279 Å². The fraction of sp³-hybridized carbons (Fsp3) is 0.500. The molecule has 8 N–H and O–H groups in total. The fourth-order valence-electron chi connectivity index (χ4n) is 2.66. The Kier molecular flexibility index (Phi) is 6.57. The number of nitrogens with zero attached hydrogens (tertiary/aromatic N) is 3. The third kappa shape index (κ3) is 6.04. The van der Waals surface area contributed by atoms with Crippen molar-refractivity contribution in [3.8, 4) is 0 Å². The minimum Gasteiger partial charge on any atom is -0.390 e. The van der Waals surface area contributed by atoms with E-state index in [2.05, 4.69) is 28.1 Å². The molecule has 18 nitrogen and oxygen atoms in total. The van der Waals surface area contributed by atoms with E-state index in [1.807, 2.05) is 0 Å². The highest BCUT2D eigenvalue weighted by atomic mass is 31.3. The molecule has 3 rings (SSSR count). The van der Waals surface area contributed by atoms with Gasteiger partial charge in [0.15, 0.2) is 11.2 Å². The molecule has 2 aromatic heterocycles. The van der Waals surface area contributed by atoms with Crippen LogP contribution in [0.25, 0.3) is 11.2 Å². The molecular weight excluding hydrogens is 496 g/mol. The van der Waals surface area contributed by atoms with Crippen LogP contribution < -0.4 is 11.3 Å². The number of H-pyrrole nitrogens is 1. The largest absolute Gasteiger partial charge is 0.490 e. The van der Waals surface area contributed by atoms with Crippen LogP contribution in [0.15, 0.2) is 11.1 Å². The van der Waals surface area contributed by atoms with Crippen molar-refractivity contribution in [1.29, 1.82) is 0 Å². The number of aliphatic hydroxyl groups excluding tert-OH is 1. The summed E-state index contributed by atoms with van der Waals surface area (Å²) in [6.07, 6.45) is -2.36. The van der Waals surface area contributed by atoms with Gasteiger partial charge in [-0.25, -0.2) is 18.7 Å². The molecule has 1 aliphatic rings. The highest BCUT2D eigenvalue weighted by molar-refractivity contribution is 7.66. The highest BCUT2D eigenvalue weighted by Crippen LogP contribution is 2.66. The second-order valence-corrected chi connectivity index (χ2v) is 10.5. The maximum absolute atomic E-state index is 11.8. The first-order valence-electron chi connectivity index (χ1n) is 8.00. The summed E-state index contributed by atoms with van der Waals surface area (Å²) < 4.78 is 52.1. The third-order valence-electron chi connectivity index (χ3n) is 3.78. The van der Waals surface area contributed by atoms with E-state index in [0.717, 1.165) is 0 Å². The fourth-order valence-corrected chi connectivity index (χ4v) is 5.69. The van der Waals surface area contributed by atoms with Gasteiger partial charge < -0.3 is 35.2 Å². The van der Waals surface area contributed by atoms with E-state index < -0.39 is 54.1 Å². The number of rotatable bonds is 8. The normalized spacial score (nSPS) is 26.0. The van der Waals surface area contributed by atoms with Crippen molar-refractivity contribution in [1.82, 2.24) is 19.5 Å². The van der Waals surface area contributed by atoms with Gasteiger partial charge in [0.1, 0.15) is 12.3 Å². The number of hydrogen-bond donors (Lipinski definition) is 7. The number of phosphoric acid groups is 3. The van der Waals surface area contributed by atoms with Crippen LogP contribution in [-0.4, -0.2) is 63.0 Å². The summed E-state index contributed by atoms with van der Waals surface area (Å²) >= 11 is 0. The molecule has 2 aromatic rings. The van der Waals surface area contributed by atoms with Crippen LogP contribution in [0.3, 0.4) is 0 Å². The number of aliphatic hydroxyl groups is 1. The van der Waals surface area contributed by atoms with Gasteiger partial charge in [-0.05, 0) is 0 Å². The zero-order chi connectivity index (χ0) is 23.2. The van der Waals surface area contributed by atoms with Crippen LogP contribution in [0.2, 0.25) is 0 Å². The molecule has 0 bridgehead atoms. The number of hydrogen-bond acceptors (Lipinski definition) is 12. The van der Waals surface area contributed by atoms with E-state index in [0.29, 0.717) is 0 Å². The number of fused-ring (bicyclic) bond motifs is 1. The average Bonchev–Trinajstić information content (AvgIpc) is 3.13. The Morgan fingerprint density at radius 1 is 1.23 bits per heavy atom. The Morgan fingerprint density at radius 3 is 2.55 bits per heavy atom. The predicted octanol–water partition coefficient (Wildman–Crippen LogP) is -1.31. The zero-order valence-corrected chi connectivity index (χ0v) is 17.7. The molecule has 1 saturated heterocycles. The lowest BCUT2D eigenvalue weighted by molar-refractivity contribution is -0.0423. The number of nitrogens with one attached hydrogen (secondary N) is 1. The van der Waals surface area contributed by atoms with Gasteiger partial charge in [0.05, 0.1) is 19.0 Å². The molecule has 1 aliphatic heterocycles. The van der Waals surface area contributed by atoms with Gasteiger partial charge in [-0.1, -0.05) is 0 Å². The van der Waals surface area contributed by atoms with Crippen molar-refractivity contribution in [3.05, 3.63) is 16.7 Å². The number of anilines is 1. The number of aromatic nitrogens is 4. The molecule has 31 heavy (non-hydrogen) atoms. The van der Waals surface area contributed by atoms with Crippen molar-refractivity contribution < 1.29 is 56.3 Å². The molecule has 174 valence electrons. The van der Waals surface area contributed by atoms with E-state index in [-0.39, 0.29) is 23.5 Å². The van der Waals surface area contributed by atoms with Crippen LogP contribution in [0.4, 0.5) is 5.95 Å². The molecule has 1 fully saturated rings. The zero-order valence-electron chi connectivity index (χ0n) is 15.0. The lowest BCUT2D eigenvalue weighted by Gasteiger charge is -2.19. The van der Waals surface area contributed by atoms with Crippen molar-refractivity contribution in [2.75, 3.05) is 12.3 Å². The molecular formula is C10H16N5O13P3. The van der Waals surface area contributed by atoms with Crippen LogP contribution in [0.5, 0.6) is 0 Å². The van der Waals surface area contributed by atoms with E-state index in [9.17, 15) is 28.5 Å². The number of imidazole rings is 1. The summed E-state index contributed by atoms with van der Waals surface area (Å²) in [6, 6.07) is 0. The third-order valence-corrected chi connectivity index (χ3v) is 7.59. The van der Waals surface area contributed by atoms with Crippen LogP contribution in [-0.2, 0) is 31.6 Å². The van der Waals surface area contributed by atoms with Crippen LogP contribution in [0, 0.1) is 0 Å². The maximum Gasteiger partial charge on any atom is 0.490 e. The molecule has 0 amide bonds. The monoisotopic (exact) mass is 512 g/mol. The number of nitrogens with two attached hydrogens (primary N) is 1. The number of nitrogen functional groups attached to an aromatic ring is 1. The van der Waals surface area contributed by atoms with Gasteiger partial charge in [0.25, 0.3) is 5.56 Å². The number of phosphoric ester groups is 1. The highest BCUT2D eigenvalue weighted by Gasteiger charge is 2.43. The summed E-state index contributed by atoms with van der Waals surface area (Å²) in [5, 5.41) is 10.1. The maximum atomic E-state index is 11.8. The molecule has 0 radical (unpaired) electrons. The molecule has 21 heteroatoms. The predicted molar refractivity (Wildman–Crippen MR) is 96.9 cm³/mol. The lowest BCUT2D eigenvalue weighted by atomic mass is 10.5. The quantitative estimate of drug-likeness (QED) is 0.160. The minimum absolute atomic E-state index is 0.0481. The van der Waals surface area contributed by atoms with Gasteiger partial charge in [-0.15, -0.1) is 0 Å². The van der Waals surface area contributed by atoms with Crippen molar-refractivity contribution in [2.45, 2.75) is 24.9 Å². The van der Waals surface area contributed by atoms with E-state index in [1.165, 1.54) is 10.9 Å². The van der Waals surface area contributed by atoms with E-state index in [4.69, 9.17) is 25.2 Å². The summed E-state index contributed by atoms with van der Waals surface area (Å²) in [5.41, 5.74) is 4.89. The Bertz CT molecular complexity index is 1170. The van der Waals surface area contributed by atoms with Crippen molar-refractivity contribution in [2.24, 2.45) is 0 Å². The molecule has 0 saturated carbocycles. The van der Waals surface area contributed by atoms with Gasteiger partial charge >= 0.3 is 23.5 Å². The van der Waals surface area contributed by atoms with Gasteiger partial charge in [0, 0.05) is 6.42 Å². The standard InChI is InChI=1S/C10H16N5O13P3/c11-10-13-8-7(9(17)14-10)12-3-15(8)6-1-4(16)5(26-6)2-25-30(21,22)28-31(23,24)27-29(18,19)20/h3-6,16H,1-2H2,(H,21,22)(H,23,24)(H2,18,19,20)(H3,11,13,14,17)/t4-,5+,6+/m0/s1/i1+1,2+1,4+1,5+1,6+1. The molecule has 0 aliphatic carbocycles. The molecule has 2 unspecified atom stereocenters. The van der Waals surface area contributed by atoms with Gasteiger partial charge in [0.2, 0.25) is 5.95 Å². The van der Waals surface area contributed by atoms with Crippen LogP contribution in [0.1, 0.15) is 12.6 Å². The minimum atomic E-state index is -5.67. The van der Waals surface area contributed by atoms with Crippen molar-refractivity contribution >= 4 is 40.6 Å². The summed E-state index contributed by atoms with van der Waals surface area (Å²) in [5.74, 6) is -0.193. The summed E-state index contributed by atoms with van der Waals surface area (Å²) in [7, 11) is -16.6.